The Morgan fingerprint density at radius 3 is 2.43 bits per heavy atom. The van der Waals surface area contributed by atoms with Crippen LogP contribution in [0.2, 0.25) is 0 Å². The van der Waals surface area contributed by atoms with Gasteiger partial charge < -0.3 is 9.80 Å². The van der Waals surface area contributed by atoms with Gasteiger partial charge in [-0.05, 0) is 48.1 Å². The minimum absolute atomic E-state index is 0.100. The zero-order chi connectivity index (χ0) is 21.9. The molecule has 2 aromatic rings. The lowest BCUT2D eigenvalue weighted by molar-refractivity contribution is -0.150. The molecule has 0 aliphatic carbocycles. The second-order valence-electron chi connectivity index (χ2n) is 9.67. The second-order valence-corrected chi connectivity index (χ2v) is 9.67. The van der Waals surface area contributed by atoms with Crippen molar-refractivity contribution in [2.75, 3.05) is 27.2 Å². The minimum Gasteiger partial charge on any atom is -0.348 e. The number of pyridine rings is 1. The van der Waals surface area contributed by atoms with E-state index < -0.39 is 10.8 Å². The van der Waals surface area contributed by atoms with Crippen LogP contribution in [0.5, 0.6) is 0 Å². The van der Waals surface area contributed by atoms with E-state index in [1.54, 1.807) is 17.3 Å². The molecular weight excluding hydrogens is 374 g/mol. The van der Waals surface area contributed by atoms with Crippen molar-refractivity contribution in [2.45, 2.75) is 40.0 Å². The van der Waals surface area contributed by atoms with Gasteiger partial charge in [0.1, 0.15) is 0 Å². The Bertz CT molecular complexity index is 902. The second kappa shape index (κ2) is 8.58. The largest absolute Gasteiger partial charge is 0.348 e. The molecule has 1 aromatic carbocycles. The summed E-state index contributed by atoms with van der Waals surface area (Å²) in [7, 11) is 3.62. The van der Waals surface area contributed by atoms with Crippen molar-refractivity contribution < 1.29 is 9.59 Å². The summed E-state index contributed by atoms with van der Waals surface area (Å²) in [6, 6.07) is 12.3. The Morgan fingerprint density at radius 2 is 1.80 bits per heavy atom. The number of likely N-dealkylation sites (tertiary alicyclic amines) is 1. The quantitative estimate of drug-likeness (QED) is 0.769. The van der Waals surface area contributed by atoms with Crippen LogP contribution in [-0.4, -0.2) is 53.8 Å². The average molecular weight is 408 g/mol. The van der Waals surface area contributed by atoms with Crippen LogP contribution >= 0.6 is 0 Å². The van der Waals surface area contributed by atoms with Crippen molar-refractivity contribution in [3.05, 3.63) is 54.4 Å². The summed E-state index contributed by atoms with van der Waals surface area (Å²) in [5, 5.41) is 0. The molecule has 1 aliphatic rings. The van der Waals surface area contributed by atoms with Gasteiger partial charge in [0.2, 0.25) is 11.8 Å². The summed E-state index contributed by atoms with van der Waals surface area (Å²) in [6.07, 6.45) is 5.83. The SMILES string of the molecule is CN(C)C(=O)[C@]1(Cc2cccc(-c3ccncc3)c2)CCCN(C(=O)C(C)(C)C)C1. The molecule has 1 aliphatic heterocycles. The molecule has 2 heterocycles. The molecule has 1 saturated heterocycles. The smallest absolute Gasteiger partial charge is 0.230 e. The summed E-state index contributed by atoms with van der Waals surface area (Å²) in [6.45, 7) is 7.02. The molecule has 1 fully saturated rings. The van der Waals surface area contributed by atoms with Crippen LogP contribution in [0.3, 0.4) is 0 Å². The van der Waals surface area contributed by atoms with Gasteiger partial charge in [0.05, 0.1) is 5.41 Å². The molecule has 0 spiro atoms. The van der Waals surface area contributed by atoms with Crippen LogP contribution in [0.25, 0.3) is 11.1 Å². The van der Waals surface area contributed by atoms with Gasteiger partial charge in [0, 0.05) is 45.0 Å². The first kappa shape index (κ1) is 22.0. The molecule has 0 radical (unpaired) electrons. The number of amides is 2. The van der Waals surface area contributed by atoms with E-state index in [0.29, 0.717) is 13.0 Å². The summed E-state index contributed by atoms with van der Waals surface area (Å²) < 4.78 is 0. The van der Waals surface area contributed by atoms with Crippen molar-refractivity contribution in [3.8, 4) is 11.1 Å². The maximum absolute atomic E-state index is 13.4. The number of piperidine rings is 1. The van der Waals surface area contributed by atoms with Crippen molar-refractivity contribution in [1.82, 2.24) is 14.8 Å². The monoisotopic (exact) mass is 407 g/mol. The summed E-state index contributed by atoms with van der Waals surface area (Å²) in [5.41, 5.74) is 2.28. The third-order valence-electron chi connectivity index (χ3n) is 5.85. The van der Waals surface area contributed by atoms with Crippen LogP contribution in [-0.2, 0) is 16.0 Å². The fourth-order valence-electron chi connectivity index (χ4n) is 4.44. The first-order valence-corrected chi connectivity index (χ1v) is 10.6. The Hall–Kier alpha value is -2.69. The normalized spacial score (nSPS) is 19.4. The number of hydrogen-bond donors (Lipinski definition) is 0. The molecule has 1 atom stereocenters. The Labute approximate surface area is 180 Å². The van der Waals surface area contributed by atoms with Gasteiger partial charge in [-0.2, -0.15) is 0 Å². The molecule has 30 heavy (non-hydrogen) atoms. The van der Waals surface area contributed by atoms with Gasteiger partial charge in [-0.1, -0.05) is 45.0 Å². The van der Waals surface area contributed by atoms with Crippen LogP contribution in [0.1, 0.15) is 39.2 Å². The molecule has 1 aromatic heterocycles. The van der Waals surface area contributed by atoms with E-state index in [0.717, 1.165) is 36.1 Å². The molecule has 0 bridgehead atoms. The number of carbonyl (C=O) groups excluding carboxylic acids is 2. The van der Waals surface area contributed by atoms with Gasteiger partial charge >= 0.3 is 0 Å². The standard InChI is InChI=1S/C25H33N3O2/c1-24(2,3)22(29)28-15-7-12-25(18-28,23(30)27(4)5)17-19-8-6-9-21(16-19)20-10-13-26-14-11-20/h6,8-11,13-14,16H,7,12,15,17-18H2,1-5H3/t25-/m0/s1. The molecular formula is C25H33N3O2. The first-order chi connectivity index (χ1) is 14.1. The highest BCUT2D eigenvalue weighted by Crippen LogP contribution is 2.37. The molecule has 160 valence electrons. The van der Waals surface area contributed by atoms with Crippen molar-refractivity contribution in [3.63, 3.8) is 0 Å². The zero-order valence-corrected chi connectivity index (χ0v) is 18.8. The van der Waals surface area contributed by atoms with E-state index in [1.807, 2.05) is 58.0 Å². The zero-order valence-electron chi connectivity index (χ0n) is 18.8. The number of nitrogens with zero attached hydrogens (tertiary/aromatic N) is 3. The minimum atomic E-state index is -0.598. The number of rotatable bonds is 4. The lowest BCUT2D eigenvalue weighted by atomic mass is 9.73. The first-order valence-electron chi connectivity index (χ1n) is 10.6. The van der Waals surface area contributed by atoms with Crippen molar-refractivity contribution >= 4 is 11.8 Å². The predicted molar refractivity (Wildman–Crippen MR) is 120 cm³/mol. The fraction of sp³-hybridized carbons (Fsp3) is 0.480. The van der Waals surface area contributed by atoms with Gasteiger partial charge in [-0.3, -0.25) is 14.6 Å². The number of hydrogen-bond acceptors (Lipinski definition) is 3. The van der Waals surface area contributed by atoms with E-state index >= 15 is 0 Å². The van der Waals surface area contributed by atoms with Gasteiger partial charge in [-0.25, -0.2) is 0 Å². The Balaban J connectivity index is 1.93. The van der Waals surface area contributed by atoms with Gasteiger partial charge in [0.15, 0.2) is 0 Å². The molecule has 2 amide bonds. The Morgan fingerprint density at radius 1 is 1.10 bits per heavy atom. The third kappa shape index (κ3) is 4.72. The van der Waals surface area contributed by atoms with E-state index in [2.05, 4.69) is 23.2 Å². The molecule has 5 nitrogen and oxygen atoms in total. The fourth-order valence-corrected chi connectivity index (χ4v) is 4.44. The molecule has 0 N–H and O–H groups in total. The van der Waals surface area contributed by atoms with Gasteiger partial charge in [-0.15, -0.1) is 0 Å². The van der Waals surface area contributed by atoms with E-state index in [1.165, 1.54) is 0 Å². The van der Waals surface area contributed by atoms with Crippen LogP contribution < -0.4 is 0 Å². The molecule has 5 heteroatoms. The predicted octanol–water partition coefficient (Wildman–Crippen LogP) is 4.03. The maximum Gasteiger partial charge on any atom is 0.230 e. The lowest BCUT2D eigenvalue weighted by Crippen LogP contribution is -2.55. The number of aromatic nitrogens is 1. The summed E-state index contributed by atoms with van der Waals surface area (Å²) in [5.74, 6) is 0.215. The molecule has 3 rings (SSSR count). The van der Waals surface area contributed by atoms with E-state index in [-0.39, 0.29) is 11.8 Å². The summed E-state index contributed by atoms with van der Waals surface area (Å²) >= 11 is 0. The highest BCUT2D eigenvalue weighted by molar-refractivity contribution is 5.86. The molecule has 0 saturated carbocycles. The van der Waals surface area contributed by atoms with Crippen LogP contribution in [0.4, 0.5) is 0 Å². The average Bonchev–Trinajstić information content (AvgIpc) is 2.73. The Kier molecular flexibility index (Phi) is 6.30. The number of benzene rings is 1. The highest BCUT2D eigenvalue weighted by Gasteiger charge is 2.45. The van der Waals surface area contributed by atoms with Crippen molar-refractivity contribution in [2.24, 2.45) is 10.8 Å². The summed E-state index contributed by atoms with van der Waals surface area (Å²) in [4.78, 5) is 34.0. The van der Waals surface area contributed by atoms with E-state index in [4.69, 9.17) is 0 Å². The lowest BCUT2D eigenvalue weighted by Gasteiger charge is -2.44. The third-order valence-corrected chi connectivity index (χ3v) is 5.85. The highest BCUT2D eigenvalue weighted by atomic mass is 16.2. The topological polar surface area (TPSA) is 53.5 Å². The van der Waals surface area contributed by atoms with E-state index in [9.17, 15) is 9.59 Å². The van der Waals surface area contributed by atoms with Crippen LogP contribution in [0, 0.1) is 10.8 Å². The van der Waals surface area contributed by atoms with Crippen molar-refractivity contribution in [1.29, 1.82) is 0 Å². The molecule has 0 unspecified atom stereocenters. The number of carbonyl (C=O) groups is 2. The van der Waals surface area contributed by atoms with Gasteiger partial charge in [0.25, 0.3) is 0 Å². The van der Waals surface area contributed by atoms with Crippen LogP contribution in [0.15, 0.2) is 48.8 Å². The maximum atomic E-state index is 13.4.